The minimum atomic E-state index is -0.635. The highest BCUT2D eigenvalue weighted by atomic mass is 16.7. The summed E-state index contributed by atoms with van der Waals surface area (Å²) in [6.45, 7) is 11.9. The maximum Gasteiger partial charge on any atom is 0.504 e. The molecule has 1 saturated heterocycles. The molecule has 1 aliphatic heterocycles. The van der Waals surface area contributed by atoms with Crippen molar-refractivity contribution < 1.29 is 14.0 Å². The fourth-order valence-corrected chi connectivity index (χ4v) is 2.43. The molecule has 0 aliphatic carbocycles. The summed E-state index contributed by atoms with van der Waals surface area (Å²) in [7, 11) is -0.635. The first-order chi connectivity index (χ1) is 11.2. The van der Waals surface area contributed by atoms with Crippen LogP contribution in [0.4, 0.5) is 0 Å². The molecule has 0 radical (unpaired) electrons. The Labute approximate surface area is 142 Å². The molecule has 1 fully saturated rings. The zero-order valence-electron chi connectivity index (χ0n) is 15.0. The van der Waals surface area contributed by atoms with Gasteiger partial charge in [-0.3, -0.25) is 0 Å². The molecule has 8 heteroatoms. The lowest BCUT2D eigenvalue weighted by molar-refractivity contribution is 0.00578. The molecule has 0 aromatic carbocycles. The van der Waals surface area contributed by atoms with E-state index in [0.29, 0.717) is 17.2 Å². The molecule has 0 spiro atoms. The number of hydrogen-bond donors (Lipinski definition) is 0. The Morgan fingerprint density at radius 1 is 1.12 bits per heavy atom. The maximum atomic E-state index is 6.19. The van der Waals surface area contributed by atoms with Gasteiger partial charge in [0.2, 0.25) is 5.88 Å². The molecule has 0 atom stereocenters. The van der Waals surface area contributed by atoms with Gasteiger partial charge < -0.3 is 14.0 Å². The molecule has 2 aromatic rings. The Morgan fingerprint density at radius 2 is 1.79 bits per heavy atom. The molecule has 128 valence electrons. The SMILES string of the molecule is CC(C)Oc1ncnc(-n2cccn2)c1B1OC(C)(C)C(C)(C)O1. The predicted octanol–water partition coefficient (Wildman–Crippen LogP) is 1.75. The van der Waals surface area contributed by atoms with Gasteiger partial charge in [0, 0.05) is 12.4 Å². The largest absolute Gasteiger partial charge is 0.504 e. The Bertz CT molecular complexity index is 700. The number of rotatable bonds is 4. The van der Waals surface area contributed by atoms with Crippen LogP contribution in [0.2, 0.25) is 0 Å². The first kappa shape index (κ1) is 16.9. The van der Waals surface area contributed by atoms with Crippen molar-refractivity contribution in [3.8, 4) is 11.7 Å². The van der Waals surface area contributed by atoms with Crippen LogP contribution in [0.3, 0.4) is 0 Å². The normalized spacial score (nSPS) is 19.0. The van der Waals surface area contributed by atoms with Crippen LogP contribution in [0, 0.1) is 0 Å². The van der Waals surface area contributed by atoms with E-state index in [4.69, 9.17) is 14.0 Å². The zero-order chi connectivity index (χ0) is 17.5. The van der Waals surface area contributed by atoms with Gasteiger partial charge in [0.05, 0.1) is 22.8 Å². The first-order valence-electron chi connectivity index (χ1n) is 8.08. The van der Waals surface area contributed by atoms with Crippen molar-refractivity contribution in [3.63, 3.8) is 0 Å². The van der Waals surface area contributed by atoms with Crippen molar-refractivity contribution in [2.24, 2.45) is 0 Å². The van der Waals surface area contributed by atoms with E-state index in [1.807, 2.05) is 53.8 Å². The highest BCUT2D eigenvalue weighted by Gasteiger charge is 2.54. The summed E-state index contributed by atoms with van der Waals surface area (Å²) in [6.07, 6.45) is 4.94. The molecule has 0 N–H and O–H groups in total. The first-order valence-corrected chi connectivity index (χ1v) is 8.08. The van der Waals surface area contributed by atoms with Crippen molar-refractivity contribution in [1.29, 1.82) is 0 Å². The van der Waals surface area contributed by atoms with E-state index in [1.54, 1.807) is 10.9 Å². The monoisotopic (exact) mass is 330 g/mol. The van der Waals surface area contributed by atoms with Crippen molar-refractivity contribution in [1.82, 2.24) is 19.7 Å². The van der Waals surface area contributed by atoms with Gasteiger partial charge in [-0.05, 0) is 47.6 Å². The van der Waals surface area contributed by atoms with Crippen LogP contribution in [0.5, 0.6) is 5.88 Å². The minimum absolute atomic E-state index is 0.0356. The lowest BCUT2D eigenvalue weighted by Gasteiger charge is -2.32. The van der Waals surface area contributed by atoms with Crippen LogP contribution >= 0.6 is 0 Å². The second kappa shape index (κ2) is 5.86. The molecule has 3 rings (SSSR count). The van der Waals surface area contributed by atoms with Gasteiger partial charge in [0.1, 0.15) is 6.33 Å². The molecule has 0 unspecified atom stereocenters. The number of ether oxygens (including phenoxy) is 1. The average Bonchev–Trinajstić information content (AvgIpc) is 3.05. The topological polar surface area (TPSA) is 71.3 Å². The van der Waals surface area contributed by atoms with Crippen LogP contribution in [0.1, 0.15) is 41.5 Å². The Morgan fingerprint density at radius 3 is 2.33 bits per heavy atom. The average molecular weight is 330 g/mol. The van der Waals surface area contributed by atoms with Crippen molar-refractivity contribution in [2.45, 2.75) is 58.8 Å². The third kappa shape index (κ3) is 2.91. The van der Waals surface area contributed by atoms with E-state index in [9.17, 15) is 0 Å². The molecule has 24 heavy (non-hydrogen) atoms. The second-order valence-electron chi connectivity index (χ2n) is 7.12. The summed E-state index contributed by atoms with van der Waals surface area (Å²) in [5.74, 6) is 1.04. The molecular formula is C16H23BN4O3. The van der Waals surface area contributed by atoms with Crippen LogP contribution in [0.25, 0.3) is 5.82 Å². The molecule has 7 nitrogen and oxygen atoms in total. The standard InChI is InChI=1S/C16H23BN4O3/c1-11(2)22-14-12(17-23-15(3,4)16(5,6)24-17)13(18-10-19-14)21-9-7-8-20-21/h7-11H,1-6H3. The summed E-state index contributed by atoms with van der Waals surface area (Å²) >= 11 is 0. The Balaban J connectivity index is 2.11. The summed E-state index contributed by atoms with van der Waals surface area (Å²) in [5, 5.41) is 4.27. The van der Waals surface area contributed by atoms with E-state index in [2.05, 4.69) is 15.1 Å². The van der Waals surface area contributed by atoms with Crippen molar-refractivity contribution >= 4 is 12.6 Å². The van der Waals surface area contributed by atoms with Gasteiger partial charge in [-0.2, -0.15) is 5.10 Å². The summed E-state index contributed by atoms with van der Waals surface area (Å²) in [4.78, 5) is 8.67. The third-order valence-corrected chi connectivity index (χ3v) is 4.38. The fourth-order valence-electron chi connectivity index (χ4n) is 2.43. The fraction of sp³-hybridized carbons (Fsp3) is 0.562. The molecule has 0 saturated carbocycles. The van der Waals surface area contributed by atoms with Gasteiger partial charge in [-0.25, -0.2) is 14.6 Å². The Kier molecular flexibility index (Phi) is 4.13. The van der Waals surface area contributed by atoms with E-state index >= 15 is 0 Å². The molecule has 3 heterocycles. The van der Waals surface area contributed by atoms with Gasteiger partial charge in [0.15, 0.2) is 5.82 Å². The smallest absolute Gasteiger partial charge is 0.475 e. The van der Waals surface area contributed by atoms with Gasteiger partial charge in [-0.15, -0.1) is 0 Å². The molecule has 2 aromatic heterocycles. The Hall–Kier alpha value is -1.93. The lowest BCUT2D eigenvalue weighted by atomic mass is 9.79. The van der Waals surface area contributed by atoms with E-state index in [-0.39, 0.29) is 6.10 Å². The molecule has 0 bridgehead atoms. The van der Waals surface area contributed by atoms with E-state index in [1.165, 1.54) is 6.33 Å². The zero-order valence-corrected chi connectivity index (χ0v) is 15.0. The predicted molar refractivity (Wildman–Crippen MR) is 90.6 cm³/mol. The number of nitrogens with zero attached hydrogens (tertiary/aromatic N) is 4. The quantitative estimate of drug-likeness (QED) is 0.796. The van der Waals surface area contributed by atoms with Crippen LogP contribution in [0.15, 0.2) is 24.8 Å². The third-order valence-electron chi connectivity index (χ3n) is 4.38. The van der Waals surface area contributed by atoms with Crippen molar-refractivity contribution in [3.05, 3.63) is 24.8 Å². The highest BCUT2D eigenvalue weighted by molar-refractivity contribution is 6.64. The molecule has 0 amide bonds. The lowest BCUT2D eigenvalue weighted by Crippen LogP contribution is -2.41. The van der Waals surface area contributed by atoms with Gasteiger partial charge >= 0.3 is 7.12 Å². The summed E-state index contributed by atoms with van der Waals surface area (Å²) in [5.41, 5.74) is -0.290. The summed E-state index contributed by atoms with van der Waals surface area (Å²) < 4.78 is 19.9. The van der Waals surface area contributed by atoms with Crippen LogP contribution in [-0.2, 0) is 9.31 Å². The van der Waals surface area contributed by atoms with E-state index in [0.717, 1.165) is 0 Å². The van der Waals surface area contributed by atoms with Gasteiger partial charge in [-0.1, -0.05) is 0 Å². The minimum Gasteiger partial charge on any atom is -0.475 e. The van der Waals surface area contributed by atoms with Crippen LogP contribution in [-0.4, -0.2) is 44.2 Å². The number of hydrogen-bond acceptors (Lipinski definition) is 6. The second-order valence-corrected chi connectivity index (χ2v) is 7.12. The van der Waals surface area contributed by atoms with Crippen LogP contribution < -0.4 is 10.2 Å². The maximum absolute atomic E-state index is 6.19. The summed E-state index contributed by atoms with van der Waals surface area (Å²) in [6, 6.07) is 1.83. The van der Waals surface area contributed by atoms with Gasteiger partial charge in [0.25, 0.3) is 0 Å². The number of aromatic nitrogens is 4. The van der Waals surface area contributed by atoms with E-state index < -0.39 is 18.3 Å². The molecule has 1 aliphatic rings. The highest BCUT2D eigenvalue weighted by Crippen LogP contribution is 2.37. The van der Waals surface area contributed by atoms with Crippen molar-refractivity contribution in [2.75, 3.05) is 0 Å². The molecular weight excluding hydrogens is 307 g/mol.